The monoisotopic (exact) mass is 574 g/mol. The van der Waals surface area contributed by atoms with Crippen LogP contribution in [0.1, 0.15) is 54.1 Å². The molecule has 42 heavy (non-hydrogen) atoms. The number of imidazole rings is 1. The maximum absolute atomic E-state index is 14.2. The number of carbonyl (C=O) groups is 1. The van der Waals surface area contributed by atoms with E-state index < -0.39 is 6.17 Å². The fourth-order valence-electron chi connectivity index (χ4n) is 6.89. The Morgan fingerprint density at radius 1 is 1.10 bits per heavy atom. The van der Waals surface area contributed by atoms with Gasteiger partial charge in [0, 0.05) is 62.5 Å². The Kier molecular flexibility index (Phi) is 6.93. The highest BCUT2D eigenvalue weighted by Gasteiger charge is 2.34. The molecule has 4 aromatic rings. The second-order valence-corrected chi connectivity index (χ2v) is 12.5. The molecule has 0 bridgehead atoms. The van der Waals surface area contributed by atoms with Crippen molar-refractivity contribution in [2.75, 3.05) is 33.9 Å². The van der Waals surface area contributed by atoms with Crippen molar-refractivity contribution in [1.29, 1.82) is 0 Å². The number of nitrogens with zero attached hydrogens (tertiary/aromatic N) is 5. The summed E-state index contributed by atoms with van der Waals surface area (Å²) in [6.45, 7) is 2.04. The van der Waals surface area contributed by atoms with Crippen LogP contribution in [0.15, 0.2) is 30.3 Å². The Balaban J connectivity index is 1.31. The summed E-state index contributed by atoms with van der Waals surface area (Å²) in [5.41, 5.74) is 11.0. The molecule has 2 aliphatic carbocycles. The third kappa shape index (κ3) is 4.74. The largest absolute Gasteiger partial charge is 0.494 e. The van der Waals surface area contributed by atoms with Crippen LogP contribution >= 0.6 is 0 Å². The van der Waals surface area contributed by atoms with E-state index in [1.807, 2.05) is 11.6 Å². The number of aromatic nitrogens is 4. The van der Waals surface area contributed by atoms with Crippen LogP contribution in [0.4, 0.5) is 4.39 Å². The minimum absolute atomic E-state index is 0.0453. The number of halogens is 1. The van der Waals surface area contributed by atoms with Crippen LogP contribution in [-0.2, 0) is 18.3 Å². The quantitative estimate of drug-likeness (QED) is 0.329. The fraction of sp³-hybridized carbons (Fsp3) is 0.531. The molecule has 1 saturated heterocycles. The second kappa shape index (κ2) is 10.6. The molecule has 2 N–H and O–H groups in total. The Morgan fingerprint density at radius 2 is 1.93 bits per heavy atom. The molecule has 7 rings (SSSR count). The summed E-state index contributed by atoms with van der Waals surface area (Å²) < 4.78 is 29.8. The van der Waals surface area contributed by atoms with E-state index in [4.69, 9.17) is 25.2 Å². The lowest BCUT2D eigenvalue weighted by Gasteiger charge is -2.35. The number of pyridine rings is 1. The maximum Gasteiger partial charge on any atom is 0.254 e. The number of alkyl halides is 1. The van der Waals surface area contributed by atoms with Gasteiger partial charge in [-0.1, -0.05) is 0 Å². The van der Waals surface area contributed by atoms with Gasteiger partial charge in [0.1, 0.15) is 23.1 Å². The Labute approximate surface area is 244 Å². The maximum atomic E-state index is 14.2. The van der Waals surface area contributed by atoms with Crippen molar-refractivity contribution in [3.63, 3.8) is 0 Å². The number of nitrogens with two attached hydrogens (primary N) is 1. The van der Waals surface area contributed by atoms with Crippen molar-refractivity contribution in [3.05, 3.63) is 41.6 Å². The number of benzene rings is 1. The predicted octanol–water partition coefficient (Wildman–Crippen LogP) is 4.66. The molecule has 10 heteroatoms. The number of methoxy groups -OCH3 is 2. The summed E-state index contributed by atoms with van der Waals surface area (Å²) in [5.74, 6) is 2.67. The third-order valence-corrected chi connectivity index (χ3v) is 9.43. The van der Waals surface area contributed by atoms with Gasteiger partial charge in [-0.2, -0.15) is 0 Å². The van der Waals surface area contributed by atoms with Crippen LogP contribution < -0.4 is 10.5 Å². The molecular weight excluding hydrogens is 535 g/mol. The number of likely N-dealkylation sites (tertiary alicyclic amines) is 1. The SMILES string of the molecule is COC[C@H]1CCC1c1ccc2cc(-c3nc4cc(C(=O)N5C[C@H](N)C[C@@H](F)C5)cc(OC)c4n3C)n(CC3CC3)c2n1. The molecular formula is C32H39FN6O3. The van der Waals surface area contributed by atoms with Gasteiger partial charge in [-0.25, -0.2) is 14.4 Å². The standard InChI is InChI=1S/C32H39FN6O3/c1-37-29-26(10-21(12-28(29)42-3)32(40)38-15-22(33)13-23(34)16-38)36-31(37)27-11-19-7-9-25(24-8-6-20(24)17-41-2)35-30(19)39(27)14-18-4-5-18/h7,9-12,18,20,22-24H,4-6,8,13-17,34H2,1-3H3/t20-,22-,23-,24?/m1/s1. The van der Waals surface area contributed by atoms with Gasteiger partial charge in [-0.05, 0) is 74.3 Å². The topological polar surface area (TPSA) is 100 Å². The first kappa shape index (κ1) is 27.3. The number of ether oxygens (including phenoxy) is 2. The summed E-state index contributed by atoms with van der Waals surface area (Å²) in [7, 11) is 5.34. The van der Waals surface area contributed by atoms with Gasteiger partial charge < -0.3 is 29.2 Å². The highest BCUT2D eigenvalue weighted by molar-refractivity contribution is 6.00. The number of amides is 1. The van der Waals surface area contributed by atoms with Crippen LogP contribution in [0.5, 0.6) is 5.75 Å². The molecule has 2 saturated carbocycles. The molecule has 9 nitrogen and oxygen atoms in total. The molecule has 3 fully saturated rings. The van der Waals surface area contributed by atoms with E-state index in [1.165, 1.54) is 24.2 Å². The second-order valence-electron chi connectivity index (χ2n) is 12.5. The molecule has 4 atom stereocenters. The van der Waals surface area contributed by atoms with Gasteiger partial charge in [0.15, 0.2) is 5.82 Å². The number of carbonyl (C=O) groups excluding carboxylic acids is 1. The van der Waals surface area contributed by atoms with Crippen molar-refractivity contribution in [1.82, 2.24) is 24.0 Å². The lowest BCUT2D eigenvalue weighted by Crippen LogP contribution is -2.50. The zero-order chi connectivity index (χ0) is 29.1. The summed E-state index contributed by atoms with van der Waals surface area (Å²) in [6.07, 6.45) is 3.91. The Morgan fingerprint density at radius 3 is 2.62 bits per heavy atom. The summed E-state index contributed by atoms with van der Waals surface area (Å²) in [6, 6.07) is 9.68. The molecule has 0 spiro atoms. The van der Waals surface area contributed by atoms with Crippen molar-refractivity contribution in [3.8, 4) is 17.3 Å². The Bertz CT molecular complexity index is 1650. The number of aryl methyl sites for hydroxylation is 1. The van der Waals surface area contributed by atoms with Crippen LogP contribution in [0.25, 0.3) is 33.6 Å². The predicted molar refractivity (Wildman–Crippen MR) is 159 cm³/mol. The number of fused-ring (bicyclic) bond motifs is 2. The van der Waals surface area contributed by atoms with Crippen LogP contribution in [0.3, 0.4) is 0 Å². The van der Waals surface area contributed by atoms with Gasteiger partial charge in [-0.3, -0.25) is 4.79 Å². The minimum atomic E-state index is -1.12. The van der Waals surface area contributed by atoms with Gasteiger partial charge in [0.05, 0.1) is 24.9 Å². The first-order valence-electron chi connectivity index (χ1n) is 15.1. The molecule has 1 amide bonds. The van der Waals surface area contributed by atoms with E-state index in [-0.39, 0.29) is 24.9 Å². The van der Waals surface area contributed by atoms with Crippen molar-refractivity contribution < 1.29 is 18.7 Å². The van der Waals surface area contributed by atoms with E-state index in [1.54, 1.807) is 26.4 Å². The molecule has 222 valence electrons. The van der Waals surface area contributed by atoms with E-state index >= 15 is 0 Å². The van der Waals surface area contributed by atoms with E-state index in [2.05, 4.69) is 22.8 Å². The zero-order valence-electron chi connectivity index (χ0n) is 24.6. The van der Waals surface area contributed by atoms with Crippen LogP contribution in [-0.4, -0.2) is 76.0 Å². The van der Waals surface area contributed by atoms with Gasteiger partial charge >= 0.3 is 0 Å². The van der Waals surface area contributed by atoms with E-state index in [0.29, 0.717) is 41.1 Å². The lowest BCUT2D eigenvalue weighted by molar-refractivity contribution is 0.0606. The average molecular weight is 575 g/mol. The highest BCUT2D eigenvalue weighted by Crippen LogP contribution is 2.43. The van der Waals surface area contributed by atoms with Gasteiger partial charge in [-0.15, -0.1) is 0 Å². The highest BCUT2D eigenvalue weighted by atomic mass is 19.1. The molecule has 1 aromatic carbocycles. The number of hydrogen-bond donors (Lipinski definition) is 1. The molecule has 0 radical (unpaired) electrons. The lowest BCUT2D eigenvalue weighted by atomic mass is 9.72. The van der Waals surface area contributed by atoms with Crippen molar-refractivity contribution in [2.45, 2.75) is 56.8 Å². The smallest absolute Gasteiger partial charge is 0.254 e. The number of piperidine rings is 1. The van der Waals surface area contributed by atoms with Gasteiger partial charge in [0.2, 0.25) is 0 Å². The number of hydrogen-bond acceptors (Lipinski definition) is 6. The van der Waals surface area contributed by atoms with Gasteiger partial charge in [0.25, 0.3) is 5.91 Å². The van der Waals surface area contributed by atoms with Crippen LogP contribution in [0, 0.1) is 11.8 Å². The fourth-order valence-corrected chi connectivity index (χ4v) is 6.89. The molecule has 1 unspecified atom stereocenters. The van der Waals surface area contributed by atoms with Crippen LogP contribution in [0.2, 0.25) is 0 Å². The summed E-state index contributed by atoms with van der Waals surface area (Å²) in [4.78, 5) is 25.2. The molecule has 4 heterocycles. The Hall–Kier alpha value is -3.50. The first-order chi connectivity index (χ1) is 20.3. The molecule has 3 aliphatic rings. The van der Waals surface area contributed by atoms with E-state index in [0.717, 1.165) is 53.3 Å². The summed E-state index contributed by atoms with van der Waals surface area (Å²) in [5, 5.41) is 1.09. The summed E-state index contributed by atoms with van der Waals surface area (Å²) >= 11 is 0. The van der Waals surface area contributed by atoms with Crippen molar-refractivity contribution >= 4 is 28.0 Å². The normalized spacial score (nSPS) is 24.4. The minimum Gasteiger partial charge on any atom is -0.494 e. The van der Waals surface area contributed by atoms with Crippen molar-refractivity contribution in [2.24, 2.45) is 24.6 Å². The average Bonchev–Trinajstić information content (AvgIpc) is 3.63. The van der Waals surface area contributed by atoms with E-state index in [9.17, 15) is 9.18 Å². The molecule has 3 aromatic heterocycles. The zero-order valence-corrected chi connectivity index (χ0v) is 24.6. The third-order valence-electron chi connectivity index (χ3n) is 9.43. The number of rotatable bonds is 8. The molecule has 1 aliphatic heterocycles. The first-order valence-corrected chi connectivity index (χ1v) is 15.1.